The van der Waals surface area contributed by atoms with Gasteiger partial charge >= 0.3 is 0 Å². The molecule has 0 radical (unpaired) electrons. The van der Waals surface area contributed by atoms with E-state index in [1.165, 1.54) is 5.56 Å². The van der Waals surface area contributed by atoms with Crippen LogP contribution >= 0.6 is 31.9 Å². The highest BCUT2D eigenvalue weighted by molar-refractivity contribution is 9.10. The van der Waals surface area contributed by atoms with E-state index in [0.717, 1.165) is 51.1 Å². The van der Waals surface area contributed by atoms with Gasteiger partial charge in [-0.15, -0.1) is 0 Å². The predicted octanol–water partition coefficient (Wildman–Crippen LogP) is 6.16. The molecule has 0 unspecified atom stereocenters. The number of nitrogens with zero attached hydrogens (tertiary/aromatic N) is 1. The van der Waals surface area contributed by atoms with E-state index in [0.29, 0.717) is 6.04 Å². The Morgan fingerprint density at radius 3 is 2.67 bits per heavy atom. The molecule has 0 bridgehead atoms. The normalized spacial score (nSPS) is 12.1. The SMILES string of the molecule is COc1cc(-c2onc(Br)c2CCCN[C@@H](C)c2ccccc2)ccc1Br. The predicted molar refractivity (Wildman–Crippen MR) is 115 cm³/mol. The Kier molecular flexibility index (Phi) is 7.10. The first-order chi connectivity index (χ1) is 13.1. The molecule has 1 N–H and O–H groups in total. The van der Waals surface area contributed by atoms with E-state index in [1.807, 2.05) is 24.3 Å². The van der Waals surface area contributed by atoms with Crippen molar-refractivity contribution in [3.63, 3.8) is 0 Å². The molecule has 142 valence electrons. The molecule has 2 aromatic carbocycles. The highest BCUT2D eigenvalue weighted by Crippen LogP contribution is 2.35. The van der Waals surface area contributed by atoms with E-state index in [1.54, 1.807) is 7.11 Å². The fourth-order valence-corrected chi connectivity index (χ4v) is 3.84. The number of aromatic nitrogens is 1. The molecule has 1 atom stereocenters. The number of methoxy groups -OCH3 is 1. The van der Waals surface area contributed by atoms with Gasteiger partial charge in [-0.05, 0) is 81.9 Å². The molecule has 1 aromatic heterocycles. The maximum atomic E-state index is 5.58. The Morgan fingerprint density at radius 1 is 1.15 bits per heavy atom. The number of benzene rings is 2. The maximum absolute atomic E-state index is 5.58. The van der Waals surface area contributed by atoms with Crippen molar-refractivity contribution in [3.8, 4) is 17.1 Å². The van der Waals surface area contributed by atoms with Crippen molar-refractivity contribution in [2.45, 2.75) is 25.8 Å². The van der Waals surface area contributed by atoms with E-state index in [2.05, 4.69) is 73.5 Å². The van der Waals surface area contributed by atoms with Crippen LogP contribution < -0.4 is 10.1 Å². The average molecular weight is 494 g/mol. The van der Waals surface area contributed by atoms with Crippen LogP contribution in [0.4, 0.5) is 0 Å². The second-order valence-corrected chi connectivity index (χ2v) is 7.93. The average Bonchev–Trinajstić information content (AvgIpc) is 3.06. The van der Waals surface area contributed by atoms with Crippen LogP contribution in [0.2, 0.25) is 0 Å². The fourth-order valence-electron chi connectivity index (χ4n) is 2.98. The van der Waals surface area contributed by atoms with Gasteiger partial charge in [0, 0.05) is 17.2 Å². The van der Waals surface area contributed by atoms with Gasteiger partial charge in [0.15, 0.2) is 10.4 Å². The summed E-state index contributed by atoms with van der Waals surface area (Å²) in [6.45, 7) is 3.10. The largest absolute Gasteiger partial charge is 0.496 e. The molecule has 27 heavy (non-hydrogen) atoms. The van der Waals surface area contributed by atoms with E-state index >= 15 is 0 Å². The molecule has 0 fully saturated rings. The minimum absolute atomic E-state index is 0.326. The monoisotopic (exact) mass is 492 g/mol. The van der Waals surface area contributed by atoms with Gasteiger partial charge in [0.05, 0.1) is 11.6 Å². The van der Waals surface area contributed by atoms with Crippen molar-refractivity contribution < 1.29 is 9.26 Å². The van der Waals surface area contributed by atoms with Crippen molar-refractivity contribution in [3.05, 3.63) is 68.7 Å². The molecule has 0 aliphatic rings. The molecule has 1 heterocycles. The smallest absolute Gasteiger partial charge is 0.171 e. The summed E-state index contributed by atoms with van der Waals surface area (Å²) < 4.78 is 12.6. The molecule has 4 nitrogen and oxygen atoms in total. The molecule has 0 saturated carbocycles. The molecule has 0 saturated heterocycles. The van der Waals surface area contributed by atoms with Crippen LogP contribution in [0.5, 0.6) is 5.75 Å². The van der Waals surface area contributed by atoms with Gasteiger partial charge in [0.25, 0.3) is 0 Å². The first kappa shape index (κ1) is 20.1. The molecule has 6 heteroatoms. The molecule has 0 aliphatic carbocycles. The molecular formula is C21H22Br2N2O2. The standard InChI is InChI=1S/C21H22Br2N2O2/c1-14(15-7-4-3-5-8-15)24-12-6-9-17-20(27-25-21(17)23)16-10-11-18(22)19(13-16)26-2/h3-5,7-8,10-11,13-14,24H,6,9,12H2,1-2H3/t14-/m0/s1. The Bertz CT molecular complexity index is 881. The minimum Gasteiger partial charge on any atom is -0.496 e. The lowest BCUT2D eigenvalue weighted by molar-refractivity contribution is 0.410. The molecule has 0 spiro atoms. The number of nitrogens with one attached hydrogen (secondary N) is 1. The quantitative estimate of drug-likeness (QED) is 0.382. The van der Waals surface area contributed by atoms with Crippen molar-refractivity contribution >= 4 is 31.9 Å². The lowest BCUT2D eigenvalue weighted by atomic mass is 10.0. The lowest BCUT2D eigenvalue weighted by Gasteiger charge is -2.14. The van der Waals surface area contributed by atoms with Crippen molar-refractivity contribution in [2.75, 3.05) is 13.7 Å². The van der Waals surface area contributed by atoms with Crippen LogP contribution in [-0.4, -0.2) is 18.8 Å². The first-order valence-corrected chi connectivity index (χ1v) is 10.4. The lowest BCUT2D eigenvalue weighted by Crippen LogP contribution is -2.20. The van der Waals surface area contributed by atoms with E-state index < -0.39 is 0 Å². The van der Waals surface area contributed by atoms with Crippen LogP contribution in [0.25, 0.3) is 11.3 Å². The number of hydrogen-bond acceptors (Lipinski definition) is 4. The highest BCUT2D eigenvalue weighted by Gasteiger charge is 2.17. The van der Waals surface area contributed by atoms with Gasteiger partial charge in [0.1, 0.15) is 5.75 Å². The summed E-state index contributed by atoms with van der Waals surface area (Å²) in [5.41, 5.74) is 3.33. The summed E-state index contributed by atoms with van der Waals surface area (Å²) in [5.74, 6) is 1.55. The Morgan fingerprint density at radius 2 is 1.93 bits per heavy atom. The number of halogens is 2. The van der Waals surface area contributed by atoms with Gasteiger partial charge in [-0.2, -0.15) is 0 Å². The molecule has 0 aliphatic heterocycles. The summed E-state index contributed by atoms with van der Waals surface area (Å²) in [6, 6.07) is 16.7. The van der Waals surface area contributed by atoms with Crippen molar-refractivity contribution in [1.82, 2.24) is 10.5 Å². The zero-order valence-corrected chi connectivity index (χ0v) is 18.5. The van der Waals surface area contributed by atoms with Gasteiger partial charge in [-0.3, -0.25) is 0 Å². The Balaban J connectivity index is 1.64. The Labute approximate surface area is 176 Å². The van der Waals surface area contributed by atoms with Crippen molar-refractivity contribution in [1.29, 1.82) is 0 Å². The topological polar surface area (TPSA) is 47.3 Å². The van der Waals surface area contributed by atoms with Gasteiger partial charge in [0.2, 0.25) is 0 Å². The summed E-state index contributed by atoms with van der Waals surface area (Å²) in [7, 11) is 1.65. The third-order valence-electron chi connectivity index (χ3n) is 4.51. The van der Waals surface area contributed by atoms with Crippen LogP contribution in [0, 0.1) is 0 Å². The number of hydrogen-bond donors (Lipinski definition) is 1. The Hall–Kier alpha value is -1.63. The third-order valence-corrected chi connectivity index (χ3v) is 5.79. The van der Waals surface area contributed by atoms with Crippen LogP contribution in [0.3, 0.4) is 0 Å². The van der Waals surface area contributed by atoms with E-state index in [4.69, 9.17) is 9.26 Å². The molecular weight excluding hydrogens is 472 g/mol. The van der Waals surface area contributed by atoms with Gasteiger partial charge < -0.3 is 14.6 Å². The maximum Gasteiger partial charge on any atom is 0.171 e. The number of rotatable bonds is 8. The molecule has 3 aromatic rings. The highest BCUT2D eigenvalue weighted by atomic mass is 79.9. The molecule has 3 rings (SSSR count). The summed E-state index contributed by atoms with van der Waals surface area (Å²) >= 11 is 7.00. The number of ether oxygens (including phenoxy) is 1. The zero-order valence-electron chi connectivity index (χ0n) is 15.3. The van der Waals surface area contributed by atoms with Crippen LogP contribution in [0.15, 0.2) is 62.1 Å². The minimum atomic E-state index is 0.326. The second-order valence-electron chi connectivity index (χ2n) is 6.32. The molecule has 0 amide bonds. The van der Waals surface area contributed by atoms with E-state index in [9.17, 15) is 0 Å². The third kappa shape index (κ3) is 5.00. The first-order valence-electron chi connectivity index (χ1n) is 8.86. The van der Waals surface area contributed by atoms with E-state index in [-0.39, 0.29) is 0 Å². The zero-order chi connectivity index (χ0) is 19.2. The summed E-state index contributed by atoms with van der Waals surface area (Å²) in [6.07, 6.45) is 1.85. The fraction of sp³-hybridized carbons (Fsp3) is 0.286. The van der Waals surface area contributed by atoms with Gasteiger partial charge in [-0.1, -0.05) is 35.5 Å². The van der Waals surface area contributed by atoms with Crippen LogP contribution in [0.1, 0.15) is 30.5 Å². The summed E-state index contributed by atoms with van der Waals surface area (Å²) in [5, 5.41) is 7.67. The van der Waals surface area contributed by atoms with Crippen LogP contribution in [-0.2, 0) is 6.42 Å². The second kappa shape index (κ2) is 9.53. The summed E-state index contributed by atoms with van der Waals surface area (Å²) in [4.78, 5) is 0. The van der Waals surface area contributed by atoms with Gasteiger partial charge in [-0.25, -0.2) is 0 Å². The van der Waals surface area contributed by atoms with Crippen molar-refractivity contribution in [2.24, 2.45) is 0 Å².